The Kier molecular flexibility index (Phi) is 1.26. The van der Waals surface area contributed by atoms with E-state index in [1.807, 2.05) is 6.92 Å². The van der Waals surface area contributed by atoms with Crippen molar-refractivity contribution in [1.82, 2.24) is 0 Å². The smallest absolute Gasteiger partial charge is 0.414 e. The van der Waals surface area contributed by atoms with Gasteiger partial charge in [0.05, 0.1) is 6.07 Å². The van der Waals surface area contributed by atoms with Crippen molar-refractivity contribution in [1.29, 1.82) is 0 Å². The van der Waals surface area contributed by atoms with Crippen LogP contribution in [0.4, 0.5) is 0 Å². The average Bonchev–Trinajstić information content (AvgIpc) is 1.80. The molecule has 0 aliphatic carbocycles. The molecule has 48 valence electrons. The monoisotopic (exact) mass is 126 g/mol. The summed E-state index contributed by atoms with van der Waals surface area (Å²) in [5.74, 6) is -0.152. The first-order valence-corrected chi connectivity index (χ1v) is 2.60. The highest BCUT2D eigenvalue weighted by Gasteiger charge is 2.04. The van der Waals surface area contributed by atoms with Gasteiger partial charge in [-0.25, -0.2) is 0 Å². The normalized spacial score (nSPS) is 9.44. The van der Waals surface area contributed by atoms with Gasteiger partial charge < -0.3 is 5.11 Å². The van der Waals surface area contributed by atoms with Gasteiger partial charge in [0, 0.05) is 10.3 Å². The quantitative estimate of drug-likeness (QED) is 0.386. The van der Waals surface area contributed by atoms with Crippen molar-refractivity contribution in [3.05, 3.63) is 23.9 Å². The Morgan fingerprint density at radius 2 is 2.11 bits per heavy atom. The van der Waals surface area contributed by atoms with Crippen LogP contribution in [0.5, 0.6) is 5.88 Å². The predicted molar refractivity (Wildman–Crippen MR) is 30.2 cm³/mol. The van der Waals surface area contributed by atoms with Crippen molar-refractivity contribution in [2.75, 3.05) is 0 Å². The zero-order valence-electron chi connectivity index (χ0n) is 5.07. The van der Waals surface area contributed by atoms with E-state index < -0.39 is 0 Å². The minimum Gasteiger partial charge on any atom is -0.457 e. The summed E-state index contributed by atoms with van der Waals surface area (Å²) < 4.78 is 0.676. The molecular weight excluding hydrogens is 118 g/mol. The second-order valence-electron chi connectivity index (χ2n) is 1.91. The minimum atomic E-state index is -0.152. The molecule has 1 heterocycles. The number of aryl methyl sites for hydroxylation is 1. The van der Waals surface area contributed by atoms with Crippen LogP contribution in [-0.4, -0.2) is 10.3 Å². The highest BCUT2D eigenvalue weighted by atomic mass is 16.5. The second-order valence-corrected chi connectivity index (χ2v) is 1.91. The fourth-order valence-corrected chi connectivity index (χ4v) is 0.584. The summed E-state index contributed by atoms with van der Waals surface area (Å²) in [6.45, 7) is 1.83. The molecule has 0 saturated heterocycles. The summed E-state index contributed by atoms with van der Waals surface area (Å²) in [5, 5.41) is 17.5. The molecule has 1 rings (SSSR count). The molecular formula is C6H8NO2+. The lowest BCUT2D eigenvalue weighted by atomic mass is 10.3. The van der Waals surface area contributed by atoms with Crippen molar-refractivity contribution in [3.8, 4) is 5.88 Å². The minimum absolute atomic E-state index is 0.152. The van der Waals surface area contributed by atoms with Gasteiger partial charge in [0.15, 0.2) is 0 Å². The van der Waals surface area contributed by atoms with Crippen LogP contribution in [0.15, 0.2) is 18.3 Å². The highest BCUT2D eigenvalue weighted by molar-refractivity contribution is 5.08. The maximum atomic E-state index is 8.77. The molecule has 1 aromatic heterocycles. The summed E-state index contributed by atoms with van der Waals surface area (Å²) in [7, 11) is 0. The second kappa shape index (κ2) is 1.93. The van der Waals surface area contributed by atoms with Gasteiger partial charge in [0.1, 0.15) is 0 Å². The van der Waals surface area contributed by atoms with E-state index in [0.29, 0.717) is 4.73 Å². The standard InChI is InChI=1S/C6H7NO2/c1-5-2-3-6(8)7(9)4-5/h2-4,9H,1H3/p+1. The maximum absolute atomic E-state index is 8.77. The van der Waals surface area contributed by atoms with Crippen LogP contribution in [0.3, 0.4) is 0 Å². The average molecular weight is 126 g/mol. The summed E-state index contributed by atoms with van der Waals surface area (Å²) in [4.78, 5) is 0. The molecule has 0 unspecified atom stereocenters. The SMILES string of the molecule is Cc1ccc(O)[n+](O)c1. The van der Waals surface area contributed by atoms with E-state index in [0.717, 1.165) is 5.56 Å². The summed E-state index contributed by atoms with van der Waals surface area (Å²) in [6, 6.07) is 3.14. The predicted octanol–water partition coefficient (Wildman–Crippen LogP) is 0.225. The van der Waals surface area contributed by atoms with Crippen LogP contribution in [0.2, 0.25) is 0 Å². The van der Waals surface area contributed by atoms with E-state index in [-0.39, 0.29) is 5.88 Å². The third-order valence-electron chi connectivity index (χ3n) is 1.06. The summed E-state index contributed by atoms with van der Waals surface area (Å²) in [6.07, 6.45) is 1.43. The molecule has 1 aromatic rings. The molecule has 0 aliphatic rings. The van der Waals surface area contributed by atoms with Crippen molar-refractivity contribution >= 4 is 0 Å². The van der Waals surface area contributed by atoms with Crippen LogP contribution in [-0.2, 0) is 0 Å². The summed E-state index contributed by atoms with van der Waals surface area (Å²) >= 11 is 0. The van der Waals surface area contributed by atoms with E-state index >= 15 is 0 Å². The van der Waals surface area contributed by atoms with Crippen LogP contribution < -0.4 is 4.73 Å². The fourth-order valence-electron chi connectivity index (χ4n) is 0.584. The van der Waals surface area contributed by atoms with Crippen LogP contribution in [0.1, 0.15) is 5.56 Å². The van der Waals surface area contributed by atoms with E-state index in [9.17, 15) is 0 Å². The largest absolute Gasteiger partial charge is 0.457 e. The van der Waals surface area contributed by atoms with Gasteiger partial charge in [-0.1, -0.05) is 0 Å². The number of hydrogen-bond donors (Lipinski definition) is 2. The van der Waals surface area contributed by atoms with Crippen LogP contribution in [0, 0.1) is 6.92 Å². The van der Waals surface area contributed by atoms with Gasteiger partial charge in [-0.3, -0.25) is 5.21 Å². The topological polar surface area (TPSA) is 44.3 Å². The molecule has 0 amide bonds. The molecule has 0 spiro atoms. The first-order chi connectivity index (χ1) is 4.20. The molecule has 0 atom stereocenters. The van der Waals surface area contributed by atoms with E-state index in [2.05, 4.69) is 0 Å². The molecule has 0 aliphatic heterocycles. The van der Waals surface area contributed by atoms with Crippen molar-refractivity contribution in [3.63, 3.8) is 0 Å². The molecule has 9 heavy (non-hydrogen) atoms. The Balaban J connectivity index is 3.17. The zero-order valence-corrected chi connectivity index (χ0v) is 5.07. The summed E-state index contributed by atoms with van der Waals surface area (Å²) in [5.41, 5.74) is 0.898. The Bertz CT molecular complexity index is 222. The lowest BCUT2D eigenvalue weighted by Gasteiger charge is -1.87. The molecule has 3 heteroatoms. The molecule has 0 saturated carbocycles. The number of aromatic nitrogens is 1. The van der Waals surface area contributed by atoms with Crippen LogP contribution in [0.25, 0.3) is 0 Å². The van der Waals surface area contributed by atoms with E-state index in [4.69, 9.17) is 10.3 Å². The van der Waals surface area contributed by atoms with Gasteiger partial charge in [0.25, 0.3) is 0 Å². The number of aromatic hydroxyl groups is 1. The maximum Gasteiger partial charge on any atom is 0.414 e. The van der Waals surface area contributed by atoms with Gasteiger partial charge in [-0.2, -0.15) is 0 Å². The lowest BCUT2D eigenvalue weighted by molar-refractivity contribution is -0.907. The third kappa shape index (κ3) is 1.10. The number of pyridine rings is 1. The molecule has 0 bridgehead atoms. The zero-order chi connectivity index (χ0) is 6.85. The first-order valence-electron chi connectivity index (χ1n) is 2.60. The highest BCUT2D eigenvalue weighted by Crippen LogP contribution is 1.99. The van der Waals surface area contributed by atoms with Crippen molar-refractivity contribution in [2.24, 2.45) is 0 Å². The van der Waals surface area contributed by atoms with Crippen molar-refractivity contribution in [2.45, 2.75) is 6.92 Å². The van der Waals surface area contributed by atoms with E-state index in [1.165, 1.54) is 12.3 Å². The Labute approximate surface area is 52.8 Å². The Hall–Kier alpha value is -1.25. The molecule has 2 N–H and O–H groups in total. The van der Waals surface area contributed by atoms with Gasteiger partial charge >= 0.3 is 5.88 Å². The van der Waals surface area contributed by atoms with Crippen LogP contribution >= 0.6 is 0 Å². The Morgan fingerprint density at radius 1 is 1.44 bits per heavy atom. The Morgan fingerprint density at radius 3 is 2.56 bits per heavy atom. The first kappa shape index (κ1) is 5.88. The lowest BCUT2D eigenvalue weighted by Crippen LogP contribution is -2.29. The molecule has 3 nitrogen and oxygen atoms in total. The molecule has 0 fully saturated rings. The van der Waals surface area contributed by atoms with Crippen molar-refractivity contribution < 1.29 is 15.0 Å². The van der Waals surface area contributed by atoms with Gasteiger partial charge in [0.2, 0.25) is 6.20 Å². The number of hydrogen-bond acceptors (Lipinski definition) is 2. The number of rotatable bonds is 0. The molecule has 0 radical (unpaired) electrons. The third-order valence-corrected chi connectivity index (χ3v) is 1.06. The van der Waals surface area contributed by atoms with E-state index in [1.54, 1.807) is 6.07 Å². The van der Waals surface area contributed by atoms with Gasteiger partial charge in [-0.05, 0) is 13.0 Å². The number of nitrogens with zero attached hydrogens (tertiary/aromatic N) is 1. The molecule has 0 aromatic carbocycles. The van der Waals surface area contributed by atoms with Gasteiger partial charge in [-0.15, -0.1) is 0 Å². The fraction of sp³-hybridized carbons (Fsp3) is 0.167.